The second-order valence-corrected chi connectivity index (χ2v) is 6.92. The summed E-state index contributed by atoms with van der Waals surface area (Å²) in [4.78, 5) is 2.32. The Kier molecular flexibility index (Phi) is 5.67. The summed E-state index contributed by atoms with van der Waals surface area (Å²) in [5.41, 5.74) is 2.46. The van der Waals surface area contributed by atoms with Crippen molar-refractivity contribution in [3.8, 4) is 0 Å². The van der Waals surface area contributed by atoms with E-state index in [4.69, 9.17) is 11.6 Å². The number of rotatable bonds is 5. The van der Waals surface area contributed by atoms with Gasteiger partial charge in [0.05, 0.1) is 0 Å². The molecule has 1 aliphatic heterocycles. The maximum atomic E-state index is 11.4. The normalized spacial score (nSPS) is 16.8. The SMILES string of the molecule is CCCNCc1cc(Cl)ccc1N1CCS(=O)CC1. The van der Waals surface area contributed by atoms with Gasteiger partial charge in [-0.25, -0.2) is 0 Å². The first kappa shape index (κ1) is 14.8. The number of halogens is 1. The molecule has 2 rings (SSSR count). The van der Waals surface area contributed by atoms with Gasteiger partial charge in [-0.05, 0) is 36.7 Å². The van der Waals surface area contributed by atoms with Gasteiger partial charge in [0.2, 0.25) is 0 Å². The third-order valence-corrected chi connectivity index (χ3v) is 4.81. The molecule has 1 aromatic rings. The zero-order chi connectivity index (χ0) is 13.7. The van der Waals surface area contributed by atoms with Crippen molar-refractivity contribution in [3.05, 3.63) is 28.8 Å². The Hall–Kier alpha value is -0.580. The highest BCUT2D eigenvalue weighted by Crippen LogP contribution is 2.25. The molecule has 1 N–H and O–H groups in total. The lowest BCUT2D eigenvalue weighted by atomic mass is 10.1. The van der Waals surface area contributed by atoms with Gasteiger partial charge in [-0.15, -0.1) is 0 Å². The minimum Gasteiger partial charge on any atom is -0.369 e. The number of nitrogens with zero attached hydrogens (tertiary/aromatic N) is 1. The summed E-state index contributed by atoms with van der Waals surface area (Å²) in [5.74, 6) is 1.54. The Labute approximate surface area is 122 Å². The van der Waals surface area contributed by atoms with E-state index in [9.17, 15) is 4.21 Å². The molecule has 3 nitrogen and oxygen atoms in total. The van der Waals surface area contributed by atoms with Gasteiger partial charge in [-0.3, -0.25) is 4.21 Å². The van der Waals surface area contributed by atoms with E-state index in [0.717, 1.165) is 49.1 Å². The van der Waals surface area contributed by atoms with Crippen molar-refractivity contribution in [1.29, 1.82) is 0 Å². The van der Waals surface area contributed by atoms with Crippen LogP contribution in [-0.2, 0) is 17.3 Å². The lowest BCUT2D eigenvalue weighted by molar-refractivity contribution is 0.666. The first-order valence-corrected chi connectivity index (χ1v) is 8.66. The van der Waals surface area contributed by atoms with Crippen LogP contribution in [-0.4, -0.2) is 35.3 Å². The van der Waals surface area contributed by atoms with Crippen molar-refractivity contribution in [2.45, 2.75) is 19.9 Å². The maximum Gasteiger partial charge on any atom is 0.0413 e. The Bertz CT molecular complexity index is 443. The zero-order valence-electron chi connectivity index (χ0n) is 11.3. The molecule has 0 bridgehead atoms. The van der Waals surface area contributed by atoms with Crippen LogP contribution in [0.2, 0.25) is 5.02 Å². The van der Waals surface area contributed by atoms with Crippen LogP contribution < -0.4 is 10.2 Å². The summed E-state index contributed by atoms with van der Waals surface area (Å²) < 4.78 is 11.4. The van der Waals surface area contributed by atoms with Crippen molar-refractivity contribution in [2.24, 2.45) is 0 Å². The van der Waals surface area contributed by atoms with E-state index in [-0.39, 0.29) is 0 Å². The van der Waals surface area contributed by atoms with Crippen LogP contribution in [0.4, 0.5) is 5.69 Å². The molecule has 1 aliphatic rings. The summed E-state index contributed by atoms with van der Waals surface area (Å²) >= 11 is 6.10. The summed E-state index contributed by atoms with van der Waals surface area (Å²) in [7, 11) is -0.636. The Morgan fingerprint density at radius 3 is 2.79 bits per heavy atom. The van der Waals surface area contributed by atoms with E-state index in [1.807, 2.05) is 12.1 Å². The first-order chi connectivity index (χ1) is 9.20. The number of benzene rings is 1. The standard InChI is InChI=1S/C14H21ClN2OS/c1-2-5-16-11-12-10-13(15)3-4-14(12)17-6-8-19(18)9-7-17/h3-4,10,16H,2,5-9,11H2,1H3. The number of hydrogen-bond donors (Lipinski definition) is 1. The van der Waals surface area contributed by atoms with Gasteiger partial charge in [-0.2, -0.15) is 0 Å². The lowest BCUT2D eigenvalue weighted by Crippen LogP contribution is -2.38. The van der Waals surface area contributed by atoms with E-state index in [1.165, 1.54) is 11.3 Å². The van der Waals surface area contributed by atoms with Crippen molar-refractivity contribution >= 4 is 28.1 Å². The van der Waals surface area contributed by atoms with E-state index in [2.05, 4.69) is 23.2 Å². The van der Waals surface area contributed by atoms with Crippen molar-refractivity contribution < 1.29 is 4.21 Å². The number of nitrogens with one attached hydrogen (secondary N) is 1. The van der Waals surface area contributed by atoms with Crippen molar-refractivity contribution in [3.63, 3.8) is 0 Å². The molecule has 0 atom stereocenters. The molecule has 1 fully saturated rings. The molecule has 0 amide bonds. The molecule has 5 heteroatoms. The molecule has 0 unspecified atom stereocenters. The van der Waals surface area contributed by atoms with Crippen LogP contribution >= 0.6 is 11.6 Å². The molecule has 0 aliphatic carbocycles. The number of anilines is 1. The van der Waals surface area contributed by atoms with Crippen LogP contribution in [0.15, 0.2) is 18.2 Å². The fourth-order valence-corrected chi connectivity index (χ4v) is 3.53. The second-order valence-electron chi connectivity index (χ2n) is 4.78. The van der Waals surface area contributed by atoms with Crippen LogP contribution in [0.3, 0.4) is 0 Å². The fourth-order valence-electron chi connectivity index (χ4n) is 2.28. The molecule has 0 aromatic heterocycles. The third-order valence-electron chi connectivity index (χ3n) is 3.30. The zero-order valence-corrected chi connectivity index (χ0v) is 12.9. The molecule has 19 heavy (non-hydrogen) atoms. The van der Waals surface area contributed by atoms with Gasteiger partial charge in [0.1, 0.15) is 0 Å². The summed E-state index contributed by atoms with van der Waals surface area (Å²) in [6.45, 7) is 5.75. The van der Waals surface area contributed by atoms with E-state index < -0.39 is 10.8 Å². The summed E-state index contributed by atoms with van der Waals surface area (Å²) in [6.07, 6.45) is 1.12. The highest BCUT2D eigenvalue weighted by Gasteiger charge is 2.17. The summed E-state index contributed by atoms with van der Waals surface area (Å²) in [5, 5.41) is 4.20. The quantitative estimate of drug-likeness (QED) is 0.848. The minimum atomic E-state index is -0.636. The average Bonchev–Trinajstić information content (AvgIpc) is 2.41. The summed E-state index contributed by atoms with van der Waals surface area (Å²) in [6, 6.07) is 6.05. The minimum absolute atomic E-state index is 0.636. The highest BCUT2D eigenvalue weighted by molar-refractivity contribution is 7.85. The second kappa shape index (κ2) is 7.27. The van der Waals surface area contributed by atoms with Crippen LogP contribution in [0, 0.1) is 0 Å². The molecule has 1 aromatic carbocycles. The Morgan fingerprint density at radius 2 is 2.11 bits per heavy atom. The molecular weight excluding hydrogens is 280 g/mol. The van der Waals surface area contributed by atoms with Gasteiger partial charge in [-0.1, -0.05) is 18.5 Å². The Balaban J connectivity index is 2.11. The predicted octanol–water partition coefficient (Wildman–Crippen LogP) is 2.41. The highest BCUT2D eigenvalue weighted by atomic mass is 35.5. The van der Waals surface area contributed by atoms with Gasteiger partial charge < -0.3 is 10.2 Å². The molecule has 0 saturated carbocycles. The topological polar surface area (TPSA) is 32.3 Å². The average molecular weight is 301 g/mol. The molecule has 1 heterocycles. The smallest absolute Gasteiger partial charge is 0.0413 e. The van der Waals surface area contributed by atoms with Crippen LogP contribution in [0.25, 0.3) is 0 Å². The van der Waals surface area contributed by atoms with Gasteiger partial charge in [0.15, 0.2) is 0 Å². The van der Waals surface area contributed by atoms with E-state index in [0.29, 0.717) is 0 Å². The predicted molar refractivity (Wildman–Crippen MR) is 83.5 cm³/mol. The van der Waals surface area contributed by atoms with Crippen molar-refractivity contribution in [2.75, 3.05) is 36.0 Å². The first-order valence-electron chi connectivity index (χ1n) is 6.79. The Morgan fingerprint density at radius 1 is 1.37 bits per heavy atom. The van der Waals surface area contributed by atoms with E-state index in [1.54, 1.807) is 0 Å². The molecule has 1 saturated heterocycles. The van der Waals surface area contributed by atoms with Gasteiger partial charge >= 0.3 is 0 Å². The molecule has 0 spiro atoms. The maximum absolute atomic E-state index is 11.4. The van der Waals surface area contributed by atoms with Gasteiger partial charge in [0, 0.05) is 52.6 Å². The molecular formula is C14H21ClN2OS. The van der Waals surface area contributed by atoms with Crippen LogP contribution in [0.5, 0.6) is 0 Å². The largest absolute Gasteiger partial charge is 0.369 e. The fraction of sp³-hybridized carbons (Fsp3) is 0.571. The molecule has 106 valence electrons. The third kappa shape index (κ3) is 4.20. The molecule has 0 radical (unpaired) electrons. The lowest BCUT2D eigenvalue weighted by Gasteiger charge is -2.30. The van der Waals surface area contributed by atoms with E-state index >= 15 is 0 Å². The van der Waals surface area contributed by atoms with Crippen molar-refractivity contribution in [1.82, 2.24) is 5.32 Å². The van der Waals surface area contributed by atoms with Gasteiger partial charge in [0.25, 0.3) is 0 Å². The number of hydrogen-bond acceptors (Lipinski definition) is 3. The monoisotopic (exact) mass is 300 g/mol. The van der Waals surface area contributed by atoms with Crippen LogP contribution in [0.1, 0.15) is 18.9 Å².